The molecule has 2 aromatic heterocycles. The molecule has 2 heterocycles. The van der Waals surface area contributed by atoms with Gasteiger partial charge >= 0.3 is 0 Å². The number of aromatic nitrogens is 2. The SMILES string of the molecule is CC(C)C(=O)Nc1nc(CC(=O)Nc2nc(-c3ccc(NS(C)(=O)=O)cc3)cs2)cs1. The van der Waals surface area contributed by atoms with Gasteiger partial charge in [-0.05, 0) is 12.1 Å². The van der Waals surface area contributed by atoms with Crippen LogP contribution in [-0.4, -0.2) is 36.5 Å². The highest BCUT2D eigenvalue weighted by Crippen LogP contribution is 2.26. The lowest BCUT2D eigenvalue weighted by atomic mass is 10.1. The molecule has 164 valence electrons. The number of rotatable bonds is 8. The predicted octanol–water partition coefficient (Wildman–Crippen LogP) is 3.41. The van der Waals surface area contributed by atoms with Crippen molar-refractivity contribution in [3.63, 3.8) is 0 Å². The first-order chi connectivity index (χ1) is 14.6. The molecule has 3 rings (SSSR count). The number of nitrogens with one attached hydrogen (secondary N) is 3. The number of hydrogen-bond donors (Lipinski definition) is 3. The first-order valence-electron chi connectivity index (χ1n) is 9.18. The number of benzene rings is 1. The molecule has 0 saturated heterocycles. The maximum Gasteiger partial charge on any atom is 0.232 e. The van der Waals surface area contributed by atoms with Crippen LogP contribution in [0.3, 0.4) is 0 Å². The van der Waals surface area contributed by atoms with E-state index in [1.165, 1.54) is 22.7 Å². The zero-order valence-electron chi connectivity index (χ0n) is 17.0. The van der Waals surface area contributed by atoms with E-state index >= 15 is 0 Å². The van der Waals surface area contributed by atoms with Gasteiger partial charge in [0, 0.05) is 27.9 Å². The fourth-order valence-corrected chi connectivity index (χ4v) is 4.42. The van der Waals surface area contributed by atoms with Crippen LogP contribution in [0, 0.1) is 5.92 Å². The van der Waals surface area contributed by atoms with Crippen LogP contribution >= 0.6 is 22.7 Å². The van der Waals surface area contributed by atoms with Gasteiger partial charge in [0.1, 0.15) is 0 Å². The summed E-state index contributed by atoms with van der Waals surface area (Å²) >= 11 is 2.56. The van der Waals surface area contributed by atoms with Crippen LogP contribution in [0.25, 0.3) is 11.3 Å². The lowest BCUT2D eigenvalue weighted by molar-refractivity contribution is -0.119. The Kier molecular flexibility index (Phi) is 7.03. The molecule has 0 aliphatic carbocycles. The molecule has 3 N–H and O–H groups in total. The first-order valence-corrected chi connectivity index (χ1v) is 12.8. The number of nitrogens with zero attached hydrogens (tertiary/aromatic N) is 2. The van der Waals surface area contributed by atoms with Crippen LogP contribution in [0.5, 0.6) is 0 Å². The number of hydrogen-bond acceptors (Lipinski definition) is 8. The lowest BCUT2D eigenvalue weighted by Crippen LogP contribution is -2.18. The van der Waals surface area contributed by atoms with Gasteiger partial charge < -0.3 is 10.6 Å². The molecule has 31 heavy (non-hydrogen) atoms. The summed E-state index contributed by atoms with van der Waals surface area (Å²) in [5, 5.41) is 9.90. The maximum atomic E-state index is 12.3. The van der Waals surface area contributed by atoms with Crippen molar-refractivity contribution in [1.82, 2.24) is 9.97 Å². The fourth-order valence-electron chi connectivity index (χ4n) is 2.41. The van der Waals surface area contributed by atoms with Gasteiger partial charge in [0.25, 0.3) is 0 Å². The largest absolute Gasteiger partial charge is 0.302 e. The van der Waals surface area contributed by atoms with E-state index in [0.29, 0.717) is 27.3 Å². The molecule has 1 aromatic carbocycles. The minimum atomic E-state index is -3.33. The molecule has 0 atom stereocenters. The molecule has 0 aliphatic rings. The van der Waals surface area contributed by atoms with E-state index in [-0.39, 0.29) is 24.2 Å². The smallest absolute Gasteiger partial charge is 0.232 e. The zero-order chi connectivity index (χ0) is 22.6. The van der Waals surface area contributed by atoms with Crippen LogP contribution in [0.2, 0.25) is 0 Å². The van der Waals surface area contributed by atoms with Crippen molar-refractivity contribution in [2.24, 2.45) is 5.92 Å². The van der Waals surface area contributed by atoms with Gasteiger partial charge in [-0.2, -0.15) is 0 Å². The van der Waals surface area contributed by atoms with E-state index in [4.69, 9.17) is 0 Å². The monoisotopic (exact) mass is 479 g/mol. The third-order valence-electron chi connectivity index (χ3n) is 3.88. The minimum Gasteiger partial charge on any atom is -0.302 e. The summed E-state index contributed by atoms with van der Waals surface area (Å²) in [5.41, 5.74) is 2.48. The number of carbonyl (C=O) groups excluding carboxylic acids is 2. The molecule has 3 aromatic rings. The zero-order valence-corrected chi connectivity index (χ0v) is 19.5. The van der Waals surface area contributed by atoms with Gasteiger partial charge in [-0.3, -0.25) is 14.3 Å². The molecule has 0 bridgehead atoms. The number of thiazole rings is 2. The van der Waals surface area contributed by atoms with E-state index in [1.807, 2.05) is 0 Å². The number of sulfonamides is 1. The molecule has 0 spiro atoms. The second kappa shape index (κ2) is 9.54. The molecule has 0 unspecified atom stereocenters. The Labute approximate surface area is 188 Å². The van der Waals surface area contributed by atoms with Crippen molar-refractivity contribution in [2.75, 3.05) is 21.6 Å². The van der Waals surface area contributed by atoms with Crippen molar-refractivity contribution < 1.29 is 18.0 Å². The summed E-state index contributed by atoms with van der Waals surface area (Å²) in [7, 11) is -3.33. The Morgan fingerprint density at radius 3 is 2.29 bits per heavy atom. The second-order valence-corrected chi connectivity index (χ2v) is 10.5. The molecule has 0 fully saturated rings. The molecule has 0 saturated carbocycles. The summed E-state index contributed by atoms with van der Waals surface area (Å²) in [6, 6.07) is 6.78. The molecule has 0 aliphatic heterocycles. The number of amides is 2. The number of anilines is 3. The third kappa shape index (κ3) is 6.84. The van der Waals surface area contributed by atoms with Crippen LogP contribution in [-0.2, 0) is 26.0 Å². The molecule has 12 heteroatoms. The van der Waals surface area contributed by atoms with E-state index in [9.17, 15) is 18.0 Å². The average molecular weight is 480 g/mol. The summed E-state index contributed by atoms with van der Waals surface area (Å²) < 4.78 is 25.0. The Hall–Kier alpha value is -2.83. The standard InChI is InChI=1S/C19H21N5O4S3/c1-11(2)17(26)23-18-20-14(9-29-18)8-16(25)22-19-21-15(10-30-19)12-4-6-13(7-5-12)24-31(3,27)28/h4-7,9-11,24H,8H2,1-3H3,(H,20,23,26)(H,21,22,25). The van der Waals surface area contributed by atoms with Gasteiger partial charge in [0.15, 0.2) is 10.3 Å². The third-order valence-corrected chi connectivity index (χ3v) is 6.05. The predicted molar refractivity (Wildman–Crippen MR) is 124 cm³/mol. The Morgan fingerprint density at radius 2 is 1.65 bits per heavy atom. The Bertz CT molecular complexity index is 1180. The highest BCUT2D eigenvalue weighted by Gasteiger charge is 2.13. The van der Waals surface area contributed by atoms with Gasteiger partial charge in [-0.15, -0.1) is 22.7 Å². The van der Waals surface area contributed by atoms with E-state index in [1.54, 1.807) is 48.9 Å². The van der Waals surface area contributed by atoms with Crippen LogP contribution in [0.15, 0.2) is 35.0 Å². The van der Waals surface area contributed by atoms with Crippen LogP contribution < -0.4 is 15.4 Å². The highest BCUT2D eigenvalue weighted by molar-refractivity contribution is 7.92. The molecular formula is C19H21N5O4S3. The maximum absolute atomic E-state index is 12.3. The normalized spacial score (nSPS) is 11.4. The molecule has 2 amide bonds. The Balaban J connectivity index is 1.58. The van der Waals surface area contributed by atoms with Gasteiger partial charge in [-0.1, -0.05) is 26.0 Å². The van der Waals surface area contributed by atoms with Crippen molar-refractivity contribution in [3.8, 4) is 11.3 Å². The summed E-state index contributed by atoms with van der Waals surface area (Å²) in [6.07, 6.45) is 1.15. The Morgan fingerprint density at radius 1 is 1.00 bits per heavy atom. The molecular weight excluding hydrogens is 458 g/mol. The number of carbonyl (C=O) groups is 2. The van der Waals surface area contributed by atoms with Gasteiger partial charge in [-0.25, -0.2) is 18.4 Å². The van der Waals surface area contributed by atoms with Crippen molar-refractivity contribution in [2.45, 2.75) is 20.3 Å². The van der Waals surface area contributed by atoms with E-state index < -0.39 is 10.0 Å². The van der Waals surface area contributed by atoms with E-state index in [0.717, 1.165) is 11.8 Å². The topological polar surface area (TPSA) is 130 Å². The highest BCUT2D eigenvalue weighted by atomic mass is 32.2. The summed E-state index contributed by atoms with van der Waals surface area (Å²) in [4.78, 5) is 32.7. The molecule has 9 nitrogen and oxygen atoms in total. The van der Waals surface area contributed by atoms with Crippen LogP contribution in [0.1, 0.15) is 19.5 Å². The summed E-state index contributed by atoms with van der Waals surface area (Å²) in [5.74, 6) is -0.539. The van der Waals surface area contributed by atoms with Gasteiger partial charge in [0.2, 0.25) is 21.8 Å². The summed E-state index contributed by atoms with van der Waals surface area (Å²) in [6.45, 7) is 3.58. The molecule has 0 radical (unpaired) electrons. The fraction of sp³-hybridized carbons (Fsp3) is 0.263. The van der Waals surface area contributed by atoms with E-state index in [2.05, 4.69) is 25.3 Å². The minimum absolute atomic E-state index is 0.0643. The van der Waals surface area contributed by atoms with Gasteiger partial charge in [0.05, 0.1) is 24.1 Å². The average Bonchev–Trinajstić information content (AvgIpc) is 3.30. The lowest BCUT2D eigenvalue weighted by Gasteiger charge is -2.04. The van der Waals surface area contributed by atoms with Crippen molar-refractivity contribution in [3.05, 3.63) is 40.7 Å². The van der Waals surface area contributed by atoms with Crippen molar-refractivity contribution in [1.29, 1.82) is 0 Å². The quantitative estimate of drug-likeness (QED) is 0.454. The first kappa shape index (κ1) is 22.8. The van der Waals surface area contributed by atoms with Crippen LogP contribution in [0.4, 0.5) is 16.0 Å². The van der Waals surface area contributed by atoms with Crippen molar-refractivity contribution >= 4 is 60.5 Å². The second-order valence-electron chi connectivity index (χ2n) is 7.00.